The second-order valence-electron chi connectivity index (χ2n) is 4.42. The molecule has 0 fully saturated rings. The smallest absolute Gasteiger partial charge is 0.329 e. The molecule has 96 valence electrons. The molecule has 7 heteroatoms. The molecule has 0 atom stereocenters. The largest absolute Gasteiger partial charge is 0.480 e. The minimum Gasteiger partial charge on any atom is -0.480 e. The molecule has 3 N–H and O–H groups in total. The van der Waals surface area contributed by atoms with Crippen LogP contribution in [-0.4, -0.2) is 20.6 Å². The number of benzene rings is 1. The monoisotopic (exact) mass is 255 g/mol. The molecule has 0 spiro atoms. The summed E-state index contributed by atoms with van der Waals surface area (Å²) in [4.78, 5) is 15.0. The second kappa shape index (κ2) is 3.66. The van der Waals surface area contributed by atoms with Crippen LogP contribution in [0.3, 0.4) is 0 Å². The van der Waals surface area contributed by atoms with Gasteiger partial charge in [0.1, 0.15) is 5.54 Å². The number of nitrogens with zero attached hydrogens (tertiary/aromatic N) is 2. The van der Waals surface area contributed by atoms with E-state index in [2.05, 4.69) is 4.98 Å². The third kappa shape index (κ3) is 1.59. The fraction of sp³-hybridized carbons (Fsp3) is 0.273. The summed E-state index contributed by atoms with van der Waals surface area (Å²) in [5.74, 6) is -3.40. The summed E-state index contributed by atoms with van der Waals surface area (Å²) in [5.41, 5.74) is 4.46. The zero-order valence-corrected chi connectivity index (χ0v) is 9.74. The Labute approximate surface area is 101 Å². The number of anilines is 1. The number of hydrogen-bond donors (Lipinski definition) is 2. The Morgan fingerprint density at radius 2 is 1.94 bits per heavy atom. The number of carbonyl (C=O) groups is 1. The first-order valence-corrected chi connectivity index (χ1v) is 5.12. The number of fused-ring (bicyclic) bond motifs is 1. The van der Waals surface area contributed by atoms with Gasteiger partial charge in [-0.1, -0.05) is 0 Å². The third-order valence-electron chi connectivity index (χ3n) is 2.80. The summed E-state index contributed by atoms with van der Waals surface area (Å²) < 4.78 is 27.4. The molecule has 0 aliphatic heterocycles. The predicted molar refractivity (Wildman–Crippen MR) is 61.0 cm³/mol. The lowest BCUT2D eigenvalue weighted by molar-refractivity contribution is -0.145. The Bertz CT molecular complexity index is 649. The molecule has 0 amide bonds. The Morgan fingerprint density at radius 3 is 2.50 bits per heavy atom. The van der Waals surface area contributed by atoms with Crippen LogP contribution >= 0.6 is 0 Å². The van der Waals surface area contributed by atoms with Crippen LogP contribution in [0.25, 0.3) is 11.0 Å². The first-order valence-electron chi connectivity index (χ1n) is 5.12. The average Bonchev–Trinajstić information content (AvgIpc) is 2.54. The number of hydrogen-bond acceptors (Lipinski definition) is 3. The molecule has 2 rings (SSSR count). The second-order valence-corrected chi connectivity index (χ2v) is 4.42. The van der Waals surface area contributed by atoms with Gasteiger partial charge in [-0.2, -0.15) is 0 Å². The quantitative estimate of drug-likeness (QED) is 0.856. The van der Waals surface area contributed by atoms with Crippen molar-refractivity contribution in [1.82, 2.24) is 9.55 Å². The maximum Gasteiger partial charge on any atom is 0.329 e. The molecule has 0 saturated carbocycles. The van der Waals surface area contributed by atoms with Gasteiger partial charge in [0.2, 0.25) is 5.95 Å². The highest BCUT2D eigenvalue weighted by atomic mass is 19.2. The summed E-state index contributed by atoms with van der Waals surface area (Å²) in [6.07, 6.45) is 0. The number of imidazole rings is 1. The minimum absolute atomic E-state index is 0.109. The van der Waals surface area contributed by atoms with Crippen LogP contribution in [0, 0.1) is 11.6 Å². The van der Waals surface area contributed by atoms with Crippen molar-refractivity contribution < 1.29 is 18.7 Å². The summed E-state index contributed by atoms with van der Waals surface area (Å²) in [7, 11) is 0. The highest BCUT2D eigenvalue weighted by Crippen LogP contribution is 2.28. The van der Waals surface area contributed by atoms with Gasteiger partial charge in [-0.15, -0.1) is 0 Å². The normalized spacial score (nSPS) is 12.0. The SMILES string of the molecule is CC(C)(C(=O)O)n1c(N)nc2cc(F)c(F)cc21. The van der Waals surface area contributed by atoms with E-state index >= 15 is 0 Å². The molecule has 5 nitrogen and oxygen atoms in total. The number of aromatic nitrogens is 2. The van der Waals surface area contributed by atoms with E-state index in [-0.39, 0.29) is 17.0 Å². The average molecular weight is 255 g/mol. The Kier molecular flexibility index (Phi) is 2.50. The van der Waals surface area contributed by atoms with Crippen molar-refractivity contribution in [3.63, 3.8) is 0 Å². The van der Waals surface area contributed by atoms with Crippen molar-refractivity contribution in [3.8, 4) is 0 Å². The van der Waals surface area contributed by atoms with Crippen LogP contribution in [-0.2, 0) is 10.3 Å². The van der Waals surface area contributed by atoms with Gasteiger partial charge in [-0.3, -0.25) is 4.57 Å². The molecule has 0 saturated heterocycles. The molecule has 0 aliphatic carbocycles. The first-order chi connectivity index (χ1) is 8.25. The molecule has 0 bridgehead atoms. The lowest BCUT2D eigenvalue weighted by Crippen LogP contribution is -2.36. The molecule has 1 aromatic heterocycles. The van der Waals surface area contributed by atoms with Crippen LogP contribution in [0.4, 0.5) is 14.7 Å². The van der Waals surface area contributed by atoms with E-state index in [9.17, 15) is 13.6 Å². The zero-order valence-electron chi connectivity index (χ0n) is 9.74. The lowest BCUT2D eigenvalue weighted by atomic mass is 10.1. The van der Waals surface area contributed by atoms with Crippen LogP contribution in [0.5, 0.6) is 0 Å². The van der Waals surface area contributed by atoms with E-state index in [1.165, 1.54) is 13.8 Å². The van der Waals surface area contributed by atoms with Gasteiger partial charge in [0.25, 0.3) is 0 Å². The van der Waals surface area contributed by atoms with Crippen molar-refractivity contribution in [1.29, 1.82) is 0 Å². The van der Waals surface area contributed by atoms with Gasteiger partial charge in [0.15, 0.2) is 11.6 Å². The summed E-state index contributed by atoms with van der Waals surface area (Å²) in [5, 5.41) is 9.15. The van der Waals surface area contributed by atoms with Crippen LogP contribution in [0.2, 0.25) is 0 Å². The van der Waals surface area contributed by atoms with Gasteiger partial charge < -0.3 is 10.8 Å². The number of aliphatic carboxylic acids is 1. The minimum atomic E-state index is -1.41. The number of carboxylic acids is 1. The molecule has 0 aliphatic rings. The molecule has 18 heavy (non-hydrogen) atoms. The van der Waals surface area contributed by atoms with E-state index in [1.54, 1.807) is 0 Å². The fourth-order valence-electron chi connectivity index (χ4n) is 1.77. The number of carboxylic acid groups (broad SMARTS) is 1. The van der Waals surface area contributed by atoms with E-state index < -0.39 is 23.1 Å². The van der Waals surface area contributed by atoms with Gasteiger partial charge in [-0.05, 0) is 13.8 Å². The Balaban J connectivity index is 2.83. The van der Waals surface area contributed by atoms with Gasteiger partial charge in [0.05, 0.1) is 11.0 Å². The number of halogens is 2. The summed E-state index contributed by atoms with van der Waals surface area (Å²) in [6, 6.07) is 1.77. The van der Waals surface area contributed by atoms with Crippen molar-refractivity contribution >= 4 is 23.0 Å². The van der Waals surface area contributed by atoms with Gasteiger partial charge in [0, 0.05) is 12.1 Å². The van der Waals surface area contributed by atoms with E-state index in [4.69, 9.17) is 10.8 Å². The third-order valence-corrected chi connectivity index (χ3v) is 2.80. The van der Waals surface area contributed by atoms with Crippen LogP contribution < -0.4 is 5.73 Å². The maximum atomic E-state index is 13.2. The van der Waals surface area contributed by atoms with Crippen molar-refractivity contribution in [2.75, 3.05) is 5.73 Å². The summed E-state index contributed by atoms with van der Waals surface area (Å²) in [6.45, 7) is 2.79. The molecule has 0 unspecified atom stereocenters. The maximum absolute atomic E-state index is 13.2. The molecule has 1 heterocycles. The topological polar surface area (TPSA) is 81.1 Å². The molecular formula is C11H11F2N3O2. The van der Waals surface area contributed by atoms with E-state index in [1.807, 2.05) is 0 Å². The predicted octanol–water partition coefficient (Wildman–Crippen LogP) is 1.72. The van der Waals surface area contributed by atoms with Gasteiger partial charge >= 0.3 is 5.97 Å². The zero-order chi connectivity index (χ0) is 13.7. The molecule has 0 radical (unpaired) electrons. The van der Waals surface area contributed by atoms with Crippen LogP contribution in [0.1, 0.15) is 13.8 Å². The highest BCUT2D eigenvalue weighted by molar-refractivity contribution is 5.84. The van der Waals surface area contributed by atoms with Crippen LogP contribution in [0.15, 0.2) is 12.1 Å². The first kappa shape index (κ1) is 12.3. The molecular weight excluding hydrogens is 244 g/mol. The Morgan fingerprint density at radius 1 is 1.39 bits per heavy atom. The van der Waals surface area contributed by atoms with E-state index in [0.717, 1.165) is 16.7 Å². The van der Waals surface area contributed by atoms with Crippen molar-refractivity contribution in [2.45, 2.75) is 19.4 Å². The summed E-state index contributed by atoms with van der Waals surface area (Å²) >= 11 is 0. The lowest BCUT2D eigenvalue weighted by Gasteiger charge is -2.23. The standard InChI is InChI=1S/C11H11F2N3O2/c1-11(2,9(17)18)16-8-4-6(13)5(12)3-7(8)15-10(16)14/h3-4H,1-2H3,(H2,14,15)(H,17,18). The fourth-order valence-corrected chi connectivity index (χ4v) is 1.77. The van der Waals surface area contributed by atoms with Gasteiger partial charge in [-0.25, -0.2) is 18.6 Å². The van der Waals surface area contributed by atoms with E-state index in [0.29, 0.717) is 0 Å². The number of rotatable bonds is 2. The molecule has 2 aromatic rings. The number of nitrogen functional groups attached to an aromatic ring is 1. The number of nitrogens with two attached hydrogens (primary N) is 1. The highest BCUT2D eigenvalue weighted by Gasteiger charge is 2.33. The van der Waals surface area contributed by atoms with Crippen molar-refractivity contribution in [3.05, 3.63) is 23.8 Å². The van der Waals surface area contributed by atoms with Crippen molar-refractivity contribution in [2.24, 2.45) is 0 Å². The molecule has 1 aromatic carbocycles. The Hall–Kier alpha value is -2.18.